The molecule has 0 fully saturated rings. The second-order valence-electron chi connectivity index (χ2n) is 7.31. The van der Waals surface area contributed by atoms with Crippen LogP contribution in [0.25, 0.3) is 16.9 Å². The first-order chi connectivity index (χ1) is 15.2. The topological polar surface area (TPSA) is 72.9 Å². The third-order valence-electron chi connectivity index (χ3n) is 4.91. The molecule has 3 N–H and O–H groups in total. The van der Waals surface area contributed by atoms with E-state index in [0.717, 1.165) is 17.7 Å². The predicted molar refractivity (Wildman–Crippen MR) is 118 cm³/mol. The van der Waals surface area contributed by atoms with Crippen molar-refractivity contribution >= 4 is 17.4 Å². The van der Waals surface area contributed by atoms with Crippen molar-refractivity contribution in [2.24, 2.45) is 0 Å². The minimum atomic E-state index is -4.45. The van der Waals surface area contributed by atoms with Crippen molar-refractivity contribution < 1.29 is 18.0 Å². The van der Waals surface area contributed by atoms with Crippen LogP contribution in [0.3, 0.4) is 0 Å². The number of carbonyl (C=O) groups excluding carboxylic acids is 1. The first-order valence-electron chi connectivity index (χ1n) is 9.72. The fraction of sp³-hybridized carbons (Fsp3) is 0.0833. The molecule has 1 heterocycles. The van der Waals surface area contributed by atoms with Gasteiger partial charge in [-0.3, -0.25) is 4.79 Å². The molecule has 0 aliphatic heterocycles. The van der Waals surface area contributed by atoms with Crippen LogP contribution in [0.2, 0.25) is 0 Å². The number of amides is 1. The molecule has 5 nitrogen and oxygen atoms in total. The van der Waals surface area contributed by atoms with Gasteiger partial charge in [0.25, 0.3) is 5.91 Å². The zero-order valence-electron chi connectivity index (χ0n) is 17.0. The molecule has 8 heteroatoms. The molecule has 0 bridgehead atoms. The fourth-order valence-electron chi connectivity index (χ4n) is 3.19. The van der Waals surface area contributed by atoms with Crippen molar-refractivity contribution in [2.45, 2.75) is 13.1 Å². The van der Waals surface area contributed by atoms with E-state index in [-0.39, 0.29) is 11.7 Å². The minimum absolute atomic E-state index is 0.259. The van der Waals surface area contributed by atoms with Crippen LogP contribution >= 0.6 is 0 Å². The van der Waals surface area contributed by atoms with Gasteiger partial charge in [-0.05, 0) is 55.5 Å². The molecule has 4 rings (SSSR count). The van der Waals surface area contributed by atoms with Gasteiger partial charge in [0.05, 0.1) is 16.9 Å². The van der Waals surface area contributed by atoms with Gasteiger partial charge in [0.2, 0.25) is 0 Å². The van der Waals surface area contributed by atoms with Crippen LogP contribution in [0.4, 0.5) is 24.7 Å². The SMILES string of the molecule is Cc1ccc(NC(=O)c2ccc(-n3nc(-c4cccc(C(F)(F)F)c4)cc3N)cc2)cc1. The lowest BCUT2D eigenvalue weighted by Crippen LogP contribution is -2.12. The molecule has 1 aromatic heterocycles. The Hall–Kier alpha value is -4.07. The van der Waals surface area contributed by atoms with Crippen LogP contribution < -0.4 is 11.1 Å². The Bertz CT molecular complexity index is 1260. The number of nitrogen functional groups attached to an aromatic ring is 1. The summed E-state index contributed by atoms with van der Waals surface area (Å²) < 4.78 is 40.4. The lowest BCUT2D eigenvalue weighted by Gasteiger charge is -2.08. The zero-order chi connectivity index (χ0) is 22.9. The molecule has 0 saturated heterocycles. The Balaban J connectivity index is 1.55. The molecule has 0 saturated carbocycles. The lowest BCUT2D eigenvalue weighted by molar-refractivity contribution is -0.137. The molecule has 32 heavy (non-hydrogen) atoms. The molecule has 0 spiro atoms. The van der Waals surface area contributed by atoms with Gasteiger partial charge in [-0.1, -0.05) is 29.8 Å². The molecule has 0 atom stereocenters. The van der Waals surface area contributed by atoms with E-state index >= 15 is 0 Å². The summed E-state index contributed by atoms with van der Waals surface area (Å²) in [5, 5.41) is 7.17. The van der Waals surface area contributed by atoms with Crippen molar-refractivity contribution in [1.29, 1.82) is 0 Å². The van der Waals surface area contributed by atoms with Crippen molar-refractivity contribution in [3.63, 3.8) is 0 Å². The highest BCUT2D eigenvalue weighted by atomic mass is 19.4. The number of halogens is 3. The van der Waals surface area contributed by atoms with E-state index in [1.54, 1.807) is 30.3 Å². The first-order valence-corrected chi connectivity index (χ1v) is 9.72. The number of anilines is 2. The van der Waals surface area contributed by atoms with Crippen LogP contribution in [0.1, 0.15) is 21.5 Å². The molecule has 1 amide bonds. The molecule has 162 valence electrons. The zero-order valence-corrected chi connectivity index (χ0v) is 17.0. The number of hydrogen-bond acceptors (Lipinski definition) is 3. The molecular weight excluding hydrogens is 417 g/mol. The van der Waals surface area contributed by atoms with E-state index in [1.807, 2.05) is 31.2 Å². The number of benzene rings is 3. The molecule has 0 aliphatic carbocycles. The van der Waals surface area contributed by atoms with Crippen molar-refractivity contribution in [1.82, 2.24) is 9.78 Å². The average molecular weight is 436 g/mol. The van der Waals surface area contributed by atoms with Gasteiger partial charge in [-0.15, -0.1) is 0 Å². The molecule has 0 unspecified atom stereocenters. The summed E-state index contributed by atoms with van der Waals surface area (Å²) in [6.07, 6.45) is -4.45. The van der Waals surface area contributed by atoms with Crippen LogP contribution in [0.5, 0.6) is 0 Å². The number of alkyl halides is 3. The number of nitrogens with one attached hydrogen (secondary N) is 1. The molecule has 0 aliphatic rings. The van der Waals surface area contributed by atoms with Gasteiger partial charge in [-0.25, -0.2) is 4.68 Å². The number of aromatic nitrogens is 2. The standard InChI is InChI=1S/C24H19F3N4O/c1-15-5-9-19(10-6-15)29-23(32)16-7-11-20(12-8-16)31-22(28)14-21(30-31)17-3-2-4-18(13-17)24(25,26)27/h2-14H,28H2,1H3,(H,29,32). The maximum absolute atomic E-state index is 13.0. The Labute approximate surface area is 182 Å². The van der Waals surface area contributed by atoms with Crippen LogP contribution in [-0.4, -0.2) is 15.7 Å². The van der Waals surface area contributed by atoms with Gasteiger partial charge in [-0.2, -0.15) is 18.3 Å². The van der Waals surface area contributed by atoms with Gasteiger partial charge in [0.1, 0.15) is 5.82 Å². The number of nitrogens with two attached hydrogens (primary N) is 1. The lowest BCUT2D eigenvalue weighted by atomic mass is 10.1. The van der Waals surface area contributed by atoms with E-state index in [9.17, 15) is 18.0 Å². The highest BCUT2D eigenvalue weighted by Crippen LogP contribution is 2.32. The largest absolute Gasteiger partial charge is 0.416 e. The van der Waals surface area contributed by atoms with Crippen molar-refractivity contribution in [2.75, 3.05) is 11.1 Å². The van der Waals surface area contributed by atoms with Crippen LogP contribution in [-0.2, 0) is 6.18 Å². The Morgan fingerprint density at radius 2 is 1.66 bits per heavy atom. The van der Waals surface area contributed by atoms with E-state index in [2.05, 4.69) is 10.4 Å². The van der Waals surface area contributed by atoms with Gasteiger partial charge in [0.15, 0.2) is 0 Å². The number of rotatable bonds is 4. The summed E-state index contributed by atoms with van der Waals surface area (Å²) in [7, 11) is 0. The summed E-state index contributed by atoms with van der Waals surface area (Å²) in [6, 6.07) is 20.5. The predicted octanol–water partition coefficient (Wildman–Crippen LogP) is 5.70. The second-order valence-corrected chi connectivity index (χ2v) is 7.31. The third kappa shape index (κ3) is 4.49. The maximum Gasteiger partial charge on any atom is 0.416 e. The van der Waals surface area contributed by atoms with Gasteiger partial charge >= 0.3 is 6.18 Å². The smallest absolute Gasteiger partial charge is 0.384 e. The van der Waals surface area contributed by atoms with Gasteiger partial charge < -0.3 is 11.1 Å². The Morgan fingerprint density at radius 1 is 0.969 bits per heavy atom. The summed E-state index contributed by atoms with van der Waals surface area (Å²) in [6.45, 7) is 1.96. The quantitative estimate of drug-likeness (QED) is 0.431. The van der Waals surface area contributed by atoms with Gasteiger partial charge in [0, 0.05) is 22.9 Å². The molecular formula is C24H19F3N4O. The van der Waals surface area contributed by atoms with Crippen molar-refractivity contribution in [3.05, 3.63) is 95.6 Å². The monoisotopic (exact) mass is 436 g/mol. The summed E-state index contributed by atoms with van der Waals surface area (Å²) in [5.41, 5.74) is 8.71. The Morgan fingerprint density at radius 3 is 2.31 bits per heavy atom. The summed E-state index contributed by atoms with van der Waals surface area (Å²) >= 11 is 0. The van der Waals surface area contributed by atoms with E-state index in [0.29, 0.717) is 28.2 Å². The normalized spacial score (nSPS) is 11.4. The average Bonchev–Trinajstić information content (AvgIpc) is 3.16. The highest BCUT2D eigenvalue weighted by molar-refractivity contribution is 6.04. The first kappa shape index (κ1) is 21.2. The Kier molecular flexibility index (Phi) is 5.44. The van der Waals surface area contributed by atoms with Crippen LogP contribution in [0.15, 0.2) is 78.9 Å². The van der Waals surface area contributed by atoms with Crippen molar-refractivity contribution in [3.8, 4) is 16.9 Å². The minimum Gasteiger partial charge on any atom is -0.384 e. The fourth-order valence-corrected chi connectivity index (χ4v) is 3.19. The summed E-state index contributed by atoms with van der Waals surface area (Å²) in [4.78, 5) is 12.5. The number of hydrogen-bond donors (Lipinski definition) is 2. The summed E-state index contributed by atoms with van der Waals surface area (Å²) in [5.74, 6) is -0.00670. The number of carbonyl (C=O) groups is 1. The number of aryl methyl sites for hydroxylation is 1. The second kappa shape index (κ2) is 8.22. The van der Waals surface area contributed by atoms with Crippen LogP contribution in [0, 0.1) is 6.92 Å². The van der Waals surface area contributed by atoms with E-state index < -0.39 is 11.7 Å². The molecule has 0 radical (unpaired) electrons. The maximum atomic E-state index is 13.0. The van der Waals surface area contributed by atoms with E-state index in [4.69, 9.17) is 5.73 Å². The highest BCUT2D eigenvalue weighted by Gasteiger charge is 2.30. The third-order valence-corrected chi connectivity index (χ3v) is 4.91. The number of nitrogens with zero attached hydrogens (tertiary/aromatic N) is 2. The molecule has 4 aromatic rings. The van der Waals surface area contributed by atoms with E-state index in [1.165, 1.54) is 16.8 Å². The molecule has 3 aromatic carbocycles.